The van der Waals surface area contributed by atoms with Crippen molar-refractivity contribution < 1.29 is 32.2 Å². The van der Waals surface area contributed by atoms with E-state index in [0.29, 0.717) is 25.2 Å². The lowest BCUT2D eigenvalue weighted by molar-refractivity contribution is -0.143. The fraction of sp³-hybridized carbons (Fsp3) is 0.462. The number of rotatable bonds is 3. The van der Waals surface area contributed by atoms with Crippen LogP contribution in [-0.4, -0.2) is 30.9 Å². The van der Waals surface area contributed by atoms with Gasteiger partial charge in [0, 0.05) is 11.8 Å². The van der Waals surface area contributed by atoms with Gasteiger partial charge in [0.1, 0.15) is 10.7 Å². The lowest BCUT2D eigenvalue weighted by Gasteiger charge is -2.26. The van der Waals surface area contributed by atoms with E-state index in [2.05, 4.69) is 0 Å². The number of phenols is 1. The van der Waals surface area contributed by atoms with Crippen LogP contribution in [0.4, 0.5) is 8.78 Å². The van der Waals surface area contributed by atoms with E-state index in [0.717, 1.165) is 0 Å². The van der Waals surface area contributed by atoms with Crippen LogP contribution < -0.4 is 0 Å². The molecule has 0 aliphatic heterocycles. The standard InChI is InChI=1S/C13H14F2O5S/c1-21(19,20)11-8(14)6-7(10(16)9(11)15)13(12(17)18)4-2-3-5-13/h6,16H,2-5H2,1H3,(H,17,18). The molecule has 0 radical (unpaired) electrons. The zero-order chi connectivity index (χ0) is 16.0. The summed E-state index contributed by atoms with van der Waals surface area (Å²) in [6, 6.07) is 0.619. The largest absolute Gasteiger partial charge is 0.505 e. The van der Waals surface area contributed by atoms with E-state index in [1.165, 1.54) is 0 Å². The van der Waals surface area contributed by atoms with Crippen LogP contribution in [0.3, 0.4) is 0 Å². The van der Waals surface area contributed by atoms with E-state index in [1.807, 2.05) is 0 Å². The number of carbonyl (C=O) groups is 1. The number of carboxylic acid groups (broad SMARTS) is 1. The first-order chi connectivity index (χ1) is 9.61. The summed E-state index contributed by atoms with van der Waals surface area (Å²) in [6.45, 7) is 0. The molecule has 1 aromatic rings. The Morgan fingerprint density at radius 1 is 1.29 bits per heavy atom. The van der Waals surface area contributed by atoms with E-state index in [9.17, 15) is 32.2 Å². The van der Waals surface area contributed by atoms with Gasteiger partial charge in [-0.1, -0.05) is 12.8 Å². The topological polar surface area (TPSA) is 91.7 Å². The summed E-state index contributed by atoms with van der Waals surface area (Å²) < 4.78 is 50.7. The number of sulfone groups is 1. The average molecular weight is 320 g/mol. The van der Waals surface area contributed by atoms with E-state index < -0.39 is 49.1 Å². The third kappa shape index (κ3) is 2.37. The van der Waals surface area contributed by atoms with Crippen molar-refractivity contribution in [2.75, 3.05) is 6.26 Å². The first kappa shape index (κ1) is 15.7. The fourth-order valence-electron chi connectivity index (χ4n) is 2.87. The Bertz CT molecular complexity index is 706. The zero-order valence-electron chi connectivity index (χ0n) is 11.2. The Morgan fingerprint density at radius 3 is 2.24 bits per heavy atom. The summed E-state index contributed by atoms with van der Waals surface area (Å²) in [4.78, 5) is 10.3. The second kappa shape index (κ2) is 4.94. The molecule has 1 aliphatic rings. The van der Waals surface area contributed by atoms with E-state index in [-0.39, 0.29) is 12.8 Å². The van der Waals surface area contributed by atoms with Gasteiger partial charge in [-0.25, -0.2) is 17.2 Å². The molecule has 2 N–H and O–H groups in total. The van der Waals surface area contributed by atoms with E-state index in [1.54, 1.807) is 0 Å². The molecule has 0 heterocycles. The van der Waals surface area contributed by atoms with Gasteiger partial charge in [-0.2, -0.15) is 0 Å². The fourth-order valence-corrected chi connectivity index (χ4v) is 3.71. The molecule has 116 valence electrons. The highest BCUT2D eigenvalue weighted by Gasteiger charge is 2.46. The average Bonchev–Trinajstić information content (AvgIpc) is 2.82. The molecule has 0 spiro atoms. The molecule has 0 saturated heterocycles. The van der Waals surface area contributed by atoms with Crippen LogP contribution >= 0.6 is 0 Å². The van der Waals surface area contributed by atoms with Crippen LogP contribution in [0.25, 0.3) is 0 Å². The normalized spacial score (nSPS) is 17.9. The maximum absolute atomic E-state index is 14.0. The van der Waals surface area contributed by atoms with Crippen LogP contribution in [0.1, 0.15) is 31.2 Å². The van der Waals surface area contributed by atoms with Crippen molar-refractivity contribution in [2.24, 2.45) is 0 Å². The lowest BCUT2D eigenvalue weighted by atomic mass is 9.78. The van der Waals surface area contributed by atoms with Gasteiger partial charge in [0.15, 0.2) is 21.4 Å². The molecule has 0 bridgehead atoms. The minimum Gasteiger partial charge on any atom is -0.505 e. The Labute approximate surface area is 120 Å². The summed E-state index contributed by atoms with van der Waals surface area (Å²) >= 11 is 0. The number of aromatic hydroxyl groups is 1. The minimum atomic E-state index is -4.22. The van der Waals surface area contributed by atoms with Crippen molar-refractivity contribution in [1.82, 2.24) is 0 Å². The quantitative estimate of drug-likeness (QED) is 0.888. The van der Waals surface area contributed by atoms with Gasteiger partial charge < -0.3 is 10.2 Å². The summed E-state index contributed by atoms with van der Waals surface area (Å²) in [5.74, 6) is -5.43. The summed E-state index contributed by atoms with van der Waals surface area (Å²) in [6.07, 6.45) is 1.96. The zero-order valence-corrected chi connectivity index (χ0v) is 12.0. The Hall–Kier alpha value is -1.70. The highest BCUT2D eigenvalue weighted by Crippen LogP contribution is 2.46. The molecule has 1 aromatic carbocycles. The number of halogens is 2. The van der Waals surface area contributed by atoms with Gasteiger partial charge in [0.2, 0.25) is 0 Å². The number of benzene rings is 1. The molecule has 21 heavy (non-hydrogen) atoms. The smallest absolute Gasteiger partial charge is 0.314 e. The summed E-state index contributed by atoms with van der Waals surface area (Å²) in [5, 5.41) is 19.2. The highest BCUT2D eigenvalue weighted by molar-refractivity contribution is 7.90. The first-order valence-corrected chi connectivity index (χ1v) is 8.15. The second-order valence-electron chi connectivity index (χ2n) is 5.26. The maximum Gasteiger partial charge on any atom is 0.314 e. The van der Waals surface area contributed by atoms with Gasteiger partial charge >= 0.3 is 5.97 Å². The molecule has 0 aromatic heterocycles. The number of carboxylic acids is 1. The molecule has 8 heteroatoms. The molecule has 0 atom stereocenters. The predicted molar refractivity (Wildman–Crippen MR) is 68.9 cm³/mol. The number of phenolic OH excluding ortho intramolecular Hbond substituents is 1. The predicted octanol–water partition coefficient (Wildman–Crippen LogP) is 1.97. The molecule has 2 rings (SSSR count). The molecule has 5 nitrogen and oxygen atoms in total. The summed E-state index contributed by atoms with van der Waals surface area (Å²) in [7, 11) is -4.22. The molecular formula is C13H14F2O5S. The number of hydrogen-bond acceptors (Lipinski definition) is 4. The third-order valence-corrected chi connectivity index (χ3v) is 5.02. The molecule has 1 fully saturated rings. The van der Waals surface area contributed by atoms with Gasteiger partial charge in [-0.05, 0) is 18.9 Å². The maximum atomic E-state index is 14.0. The number of aliphatic carboxylic acids is 1. The van der Waals surface area contributed by atoms with Crippen molar-refractivity contribution in [1.29, 1.82) is 0 Å². The lowest BCUT2D eigenvalue weighted by Crippen LogP contribution is -2.33. The summed E-state index contributed by atoms with van der Waals surface area (Å²) in [5.41, 5.74) is -1.99. The van der Waals surface area contributed by atoms with Gasteiger partial charge in [-0.15, -0.1) is 0 Å². The number of hydrogen-bond donors (Lipinski definition) is 2. The van der Waals surface area contributed by atoms with Crippen LogP contribution in [0.5, 0.6) is 5.75 Å². The van der Waals surface area contributed by atoms with Crippen LogP contribution in [0.15, 0.2) is 11.0 Å². The van der Waals surface area contributed by atoms with Crippen molar-refractivity contribution in [2.45, 2.75) is 36.0 Å². The molecule has 1 aliphatic carbocycles. The third-order valence-electron chi connectivity index (χ3n) is 3.90. The van der Waals surface area contributed by atoms with Crippen LogP contribution in [0.2, 0.25) is 0 Å². The minimum absolute atomic E-state index is 0.132. The Kier molecular flexibility index (Phi) is 3.69. The monoisotopic (exact) mass is 320 g/mol. The van der Waals surface area contributed by atoms with E-state index in [4.69, 9.17) is 0 Å². The molecule has 0 amide bonds. The van der Waals surface area contributed by atoms with Crippen LogP contribution in [-0.2, 0) is 20.0 Å². The molecule has 1 saturated carbocycles. The highest BCUT2D eigenvalue weighted by atomic mass is 32.2. The Balaban J connectivity index is 2.76. The van der Waals surface area contributed by atoms with Crippen molar-refractivity contribution in [3.8, 4) is 5.75 Å². The van der Waals surface area contributed by atoms with Gasteiger partial charge in [-0.3, -0.25) is 4.79 Å². The van der Waals surface area contributed by atoms with Gasteiger partial charge in [0.25, 0.3) is 0 Å². The van der Waals surface area contributed by atoms with Gasteiger partial charge in [0.05, 0.1) is 5.41 Å². The van der Waals surface area contributed by atoms with Crippen molar-refractivity contribution >= 4 is 15.8 Å². The molecular weight excluding hydrogens is 306 g/mol. The van der Waals surface area contributed by atoms with Crippen LogP contribution in [0, 0.1) is 11.6 Å². The second-order valence-corrected chi connectivity index (χ2v) is 7.22. The van der Waals surface area contributed by atoms with E-state index >= 15 is 0 Å². The van der Waals surface area contributed by atoms with Crippen molar-refractivity contribution in [3.63, 3.8) is 0 Å². The van der Waals surface area contributed by atoms with Crippen molar-refractivity contribution in [3.05, 3.63) is 23.3 Å². The molecule has 0 unspecified atom stereocenters. The SMILES string of the molecule is CS(=O)(=O)c1c(F)cc(C2(C(=O)O)CCCC2)c(O)c1F. The first-order valence-electron chi connectivity index (χ1n) is 6.26. The Morgan fingerprint density at radius 2 is 1.81 bits per heavy atom.